The van der Waals surface area contributed by atoms with Gasteiger partial charge in [0.15, 0.2) is 0 Å². The summed E-state index contributed by atoms with van der Waals surface area (Å²) in [5.41, 5.74) is 2.83. The first kappa shape index (κ1) is 17.2. The van der Waals surface area contributed by atoms with Gasteiger partial charge < -0.3 is 4.74 Å². The number of rotatable bonds is 5. The second kappa shape index (κ2) is 7.54. The Hall–Kier alpha value is -1.27. The first-order chi connectivity index (χ1) is 12.2. The average molecular weight is 358 g/mol. The zero-order valence-corrected chi connectivity index (χ0v) is 15.8. The third-order valence-electron chi connectivity index (χ3n) is 5.72. The van der Waals surface area contributed by atoms with Crippen LogP contribution in [0, 0.1) is 0 Å². The second-order valence-corrected chi connectivity index (χ2v) is 8.32. The summed E-state index contributed by atoms with van der Waals surface area (Å²) in [6.07, 6.45) is 7.28. The van der Waals surface area contributed by atoms with Crippen LogP contribution in [0.15, 0.2) is 41.4 Å². The molecule has 134 valence electrons. The number of pyridine rings is 1. The van der Waals surface area contributed by atoms with Gasteiger partial charge in [0.2, 0.25) is 0 Å². The highest BCUT2D eigenvalue weighted by Gasteiger charge is 2.43. The van der Waals surface area contributed by atoms with Gasteiger partial charge in [0.05, 0.1) is 12.2 Å². The summed E-state index contributed by atoms with van der Waals surface area (Å²) in [6.45, 7) is 5.19. The molecule has 2 saturated heterocycles. The van der Waals surface area contributed by atoms with Gasteiger partial charge in [-0.25, -0.2) is 0 Å². The fourth-order valence-electron chi connectivity index (χ4n) is 4.12. The van der Waals surface area contributed by atoms with E-state index in [0.717, 1.165) is 52.0 Å². The summed E-state index contributed by atoms with van der Waals surface area (Å²) in [6, 6.07) is 6.92. The Labute approximate surface area is 154 Å². The van der Waals surface area contributed by atoms with Gasteiger partial charge in [-0.15, -0.1) is 0 Å². The Bertz CT molecular complexity index is 653. The van der Waals surface area contributed by atoms with Crippen molar-refractivity contribution in [1.29, 1.82) is 0 Å². The van der Waals surface area contributed by atoms with Gasteiger partial charge in [-0.05, 0) is 60.3 Å². The van der Waals surface area contributed by atoms with E-state index < -0.39 is 0 Å². The van der Waals surface area contributed by atoms with Crippen molar-refractivity contribution in [2.24, 2.45) is 0 Å². The Morgan fingerprint density at radius 2 is 2.20 bits per heavy atom. The normalized spacial score (nSPS) is 23.5. The summed E-state index contributed by atoms with van der Waals surface area (Å²) in [4.78, 5) is 9.23. The van der Waals surface area contributed by atoms with Crippen LogP contribution in [-0.2, 0) is 17.8 Å². The molecule has 1 spiro atoms. The molecule has 4 nitrogen and oxygen atoms in total. The lowest BCUT2D eigenvalue weighted by Gasteiger charge is -2.39. The van der Waals surface area contributed by atoms with Gasteiger partial charge in [0.1, 0.15) is 0 Å². The Kier molecular flexibility index (Phi) is 5.17. The van der Waals surface area contributed by atoms with E-state index in [0.29, 0.717) is 6.04 Å². The van der Waals surface area contributed by atoms with E-state index in [1.807, 2.05) is 18.5 Å². The van der Waals surface area contributed by atoms with Crippen LogP contribution >= 0.6 is 11.3 Å². The number of hydrogen-bond donors (Lipinski definition) is 0. The lowest BCUT2D eigenvalue weighted by molar-refractivity contribution is -0.0452. The van der Waals surface area contributed by atoms with Crippen LogP contribution in [0.5, 0.6) is 0 Å². The highest BCUT2D eigenvalue weighted by Crippen LogP contribution is 2.38. The molecule has 0 saturated carbocycles. The maximum Gasteiger partial charge on any atom is 0.0723 e. The lowest BCUT2D eigenvalue weighted by Crippen LogP contribution is -2.44. The fraction of sp³-hybridized carbons (Fsp3) is 0.550. The summed E-state index contributed by atoms with van der Waals surface area (Å²) < 4.78 is 6.35. The predicted octanol–water partition coefficient (Wildman–Crippen LogP) is 3.40. The Morgan fingerprint density at radius 3 is 2.92 bits per heavy atom. The molecule has 2 aromatic rings. The van der Waals surface area contributed by atoms with Crippen LogP contribution < -0.4 is 0 Å². The molecular formula is C20H27N3OS. The molecule has 0 radical (unpaired) electrons. The largest absolute Gasteiger partial charge is 0.373 e. The van der Waals surface area contributed by atoms with Crippen molar-refractivity contribution in [3.8, 4) is 0 Å². The number of likely N-dealkylation sites (tertiary alicyclic amines) is 1. The molecular weight excluding hydrogens is 330 g/mol. The summed E-state index contributed by atoms with van der Waals surface area (Å²) in [7, 11) is 2.21. The van der Waals surface area contributed by atoms with Crippen LogP contribution in [0.1, 0.15) is 30.4 Å². The minimum absolute atomic E-state index is 0.110. The zero-order valence-electron chi connectivity index (χ0n) is 14.9. The lowest BCUT2D eigenvalue weighted by atomic mass is 9.87. The smallest absolute Gasteiger partial charge is 0.0723 e. The first-order valence-corrected chi connectivity index (χ1v) is 10.1. The highest BCUT2D eigenvalue weighted by molar-refractivity contribution is 7.07. The highest BCUT2D eigenvalue weighted by atomic mass is 32.1. The van der Waals surface area contributed by atoms with Gasteiger partial charge in [0, 0.05) is 44.6 Å². The number of likely N-dealkylation sites (N-methyl/N-ethyl adjacent to an activating group) is 1. The summed E-state index contributed by atoms with van der Waals surface area (Å²) >= 11 is 1.79. The maximum atomic E-state index is 6.35. The average Bonchev–Trinajstić information content (AvgIpc) is 3.29. The molecule has 4 heterocycles. The topological polar surface area (TPSA) is 28.6 Å². The number of hydrogen-bond acceptors (Lipinski definition) is 5. The van der Waals surface area contributed by atoms with Crippen LogP contribution in [0.3, 0.4) is 0 Å². The molecule has 2 fully saturated rings. The van der Waals surface area contributed by atoms with Crippen molar-refractivity contribution in [3.63, 3.8) is 0 Å². The molecule has 0 amide bonds. The van der Waals surface area contributed by atoms with Gasteiger partial charge in [-0.1, -0.05) is 6.07 Å². The van der Waals surface area contributed by atoms with Crippen LogP contribution in [0.4, 0.5) is 0 Å². The van der Waals surface area contributed by atoms with E-state index >= 15 is 0 Å². The van der Waals surface area contributed by atoms with Crippen molar-refractivity contribution in [3.05, 3.63) is 52.5 Å². The van der Waals surface area contributed by atoms with E-state index in [9.17, 15) is 0 Å². The zero-order chi connectivity index (χ0) is 17.1. The van der Waals surface area contributed by atoms with Crippen molar-refractivity contribution in [2.45, 2.75) is 44.0 Å². The third-order valence-corrected chi connectivity index (χ3v) is 6.45. The van der Waals surface area contributed by atoms with Gasteiger partial charge in [-0.2, -0.15) is 11.3 Å². The molecule has 5 heteroatoms. The molecule has 0 N–H and O–H groups in total. The van der Waals surface area contributed by atoms with Gasteiger partial charge >= 0.3 is 0 Å². The van der Waals surface area contributed by atoms with Crippen LogP contribution in [-0.4, -0.2) is 53.2 Å². The van der Waals surface area contributed by atoms with Crippen molar-refractivity contribution >= 4 is 11.3 Å². The predicted molar refractivity (Wildman–Crippen MR) is 102 cm³/mol. The number of piperidine rings is 1. The van der Waals surface area contributed by atoms with Crippen LogP contribution in [0.25, 0.3) is 0 Å². The minimum Gasteiger partial charge on any atom is -0.373 e. The van der Waals surface area contributed by atoms with E-state index in [-0.39, 0.29) is 5.60 Å². The Morgan fingerprint density at radius 1 is 1.32 bits per heavy atom. The molecule has 2 aromatic heterocycles. The maximum absolute atomic E-state index is 6.35. The second-order valence-electron chi connectivity index (χ2n) is 7.54. The number of aromatic nitrogens is 1. The summed E-state index contributed by atoms with van der Waals surface area (Å²) in [5.74, 6) is 0. The van der Waals surface area contributed by atoms with E-state index in [4.69, 9.17) is 4.74 Å². The van der Waals surface area contributed by atoms with E-state index in [1.54, 1.807) is 11.3 Å². The molecule has 25 heavy (non-hydrogen) atoms. The van der Waals surface area contributed by atoms with Crippen LogP contribution in [0.2, 0.25) is 0 Å². The molecule has 2 aliphatic heterocycles. The van der Waals surface area contributed by atoms with E-state index in [2.05, 4.69) is 44.7 Å². The summed E-state index contributed by atoms with van der Waals surface area (Å²) in [5, 5.41) is 4.43. The number of ether oxygens (including phenoxy) is 1. The molecule has 0 aromatic carbocycles. The SMILES string of the molecule is CN(Cc1cccnc1)[C@H]1COC2(CCN(Cc3ccsc3)CC2)C1. The molecule has 0 aliphatic carbocycles. The molecule has 4 rings (SSSR count). The Balaban J connectivity index is 1.28. The quantitative estimate of drug-likeness (QED) is 0.820. The monoisotopic (exact) mass is 357 g/mol. The van der Waals surface area contributed by atoms with Crippen molar-refractivity contribution in [2.75, 3.05) is 26.7 Å². The molecule has 0 unspecified atom stereocenters. The first-order valence-electron chi connectivity index (χ1n) is 9.19. The number of thiophene rings is 1. The van der Waals surface area contributed by atoms with Gasteiger partial charge in [-0.3, -0.25) is 14.8 Å². The van der Waals surface area contributed by atoms with Crippen molar-refractivity contribution < 1.29 is 4.74 Å². The van der Waals surface area contributed by atoms with E-state index in [1.165, 1.54) is 11.1 Å². The molecule has 0 bridgehead atoms. The minimum atomic E-state index is 0.110. The standard InChI is InChI=1S/C20H27N3OS/c1-22(13-17-3-2-7-21-12-17)19-11-20(24-15-19)5-8-23(9-6-20)14-18-4-10-25-16-18/h2-4,7,10,12,16,19H,5-6,8-9,11,13-15H2,1H3/t19-/m1/s1. The molecule has 2 aliphatic rings. The van der Waals surface area contributed by atoms with Crippen molar-refractivity contribution in [1.82, 2.24) is 14.8 Å². The molecule has 1 atom stereocenters. The fourth-order valence-corrected chi connectivity index (χ4v) is 4.78. The number of nitrogens with zero attached hydrogens (tertiary/aromatic N) is 3. The third kappa shape index (κ3) is 4.11. The van der Waals surface area contributed by atoms with Gasteiger partial charge in [0.25, 0.3) is 0 Å².